The Bertz CT molecular complexity index is 807. The Morgan fingerprint density at radius 1 is 1.19 bits per heavy atom. The molecule has 0 aromatic carbocycles. The van der Waals surface area contributed by atoms with Crippen LogP contribution in [0.25, 0.3) is 0 Å². The molecule has 2 aliphatic rings. The highest BCUT2D eigenvalue weighted by atomic mass is 32.1. The second-order valence-electron chi connectivity index (χ2n) is 6.78. The van der Waals surface area contributed by atoms with Crippen LogP contribution in [0.3, 0.4) is 0 Å². The first kappa shape index (κ1) is 17.2. The zero-order chi connectivity index (χ0) is 18.1. The van der Waals surface area contributed by atoms with Gasteiger partial charge in [0.25, 0.3) is 0 Å². The lowest BCUT2D eigenvalue weighted by molar-refractivity contribution is 0.00223. The van der Waals surface area contributed by atoms with E-state index < -0.39 is 5.97 Å². The van der Waals surface area contributed by atoms with Crippen molar-refractivity contribution in [2.75, 3.05) is 7.11 Å². The first-order valence-corrected chi connectivity index (χ1v) is 9.80. The Labute approximate surface area is 155 Å². The van der Waals surface area contributed by atoms with Crippen molar-refractivity contribution in [1.82, 2.24) is 15.0 Å². The predicted octanol–water partition coefficient (Wildman–Crippen LogP) is 2.96. The molecule has 0 amide bonds. The second-order valence-corrected chi connectivity index (χ2v) is 7.92. The van der Waals surface area contributed by atoms with E-state index in [0.717, 1.165) is 38.5 Å². The van der Waals surface area contributed by atoms with Gasteiger partial charge in [0, 0.05) is 4.88 Å². The van der Waals surface area contributed by atoms with Crippen molar-refractivity contribution in [2.24, 2.45) is 0 Å². The SMILES string of the molecule is COC(=O)c1cn(C2CCCCC2OC(=O)c2cc3c(s2)CCC3)nn1. The maximum absolute atomic E-state index is 12.6. The van der Waals surface area contributed by atoms with Gasteiger partial charge in [-0.15, -0.1) is 16.4 Å². The molecular weight excluding hydrogens is 354 g/mol. The van der Waals surface area contributed by atoms with Crippen molar-refractivity contribution in [3.05, 3.63) is 33.3 Å². The number of hydrogen-bond acceptors (Lipinski definition) is 7. The van der Waals surface area contributed by atoms with Gasteiger partial charge < -0.3 is 9.47 Å². The molecule has 2 aromatic heterocycles. The molecular formula is C18H21N3O4S. The van der Waals surface area contributed by atoms with Gasteiger partial charge in [0.1, 0.15) is 11.0 Å². The van der Waals surface area contributed by atoms with Gasteiger partial charge in [0.05, 0.1) is 19.3 Å². The fraction of sp³-hybridized carbons (Fsp3) is 0.556. The summed E-state index contributed by atoms with van der Waals surface area (Å²) in [5.74, 6) is -0.775. The van der Waals surface area contributed by atoms with E-state index in [2.05, 4.69) is 15.0 Å². The first-order valence-electron chi connectivity index (χ1n) is 8.98. The van der Waals surface area contributed by atoms with E-state index in [4.69, 9.17) is 4.74 Å². The molecule has 2 atom stereocenters. The highest BCUT2D eigenvalue weighted by Gasteiger charge is 2.32. The Morgan fingerprint density at radius 3 is 2.85 bits per heavy atom. The molecule has 2 aliphatic carbocycles. The van der Waals surface area contributed by atoms with Crippen LogP contribution in [0.5, 0.6) is 0 Å². The van der Waals surface area contributed by atoms with E-state index in [1.54, 1.807) is 22.2 Å². The molecule has 0 aliphatic heterocycles. The van der Waals surface area contributed by atoms with Gasteiger partial charge in [0.2, 0.25) is 0 Å². The van der Waals surface area contributed by atoms with Gasteiger partial charge in [0.15, 0.2) is 5.69 Å². The summed E-state index contributed by atoms with van der Waals surface area (Å²) in [6.45, 7) is 0. The zero-order valence-electron chi connectivity index (χ0n) is 14.6. The lowest BCUT2D eigenvalue weighted by Crippen LogP contribution is -2.32. The highest BCUT2D eigenvalue weighted by Crippen LogP contribution is 2.34. The third kappa shape index (κ3) is 3.25. The van der Waals surface area contributed by atoms with Crippen molar-refractivity contribution in [3.8, 4) is 0 Å². The van der Waals surface area contributed by atoms with E-state index in [0.29, 0.717) is 4.88 Å². The van der Waals surface area contributed by atoms with Crippen LogP contribution in [-0.2, 0) is 22.3 Å². The fourth-order valence-corrected chi connectivity index (χ4v) is 4.92. The molecule has 8 heteroatoms. The highest BCUT2D eigenvalue weighted by molar-refractivity contribution is 7.14. The first-order chi connectivity index (χ1) is 12.7. The molecule has 1 saturated carbocycles. The van der Waals surface area contributed by atoms with Gasteiger partial charge in [-0.3, -0.25) is 0 Å². The summed E-state index contributed by atoms with van der Waals surface area (Å²) < 4.78 is 12.2. The van der Waals surface area contributed by atoms with Crippen molar-refractivity contribution in [1.29, 1.82) is 0 Å². The number of esters is 2. The van der Waals surface area contributed by atoms with E-state index in [-0.39, 0.29) is 23.8 Å². The smallest absolute Gasteiger partial charge is 0.360 e. The number of aromatic nitrogens is 3. The largest absolute Gasteiger partial charge is 0.464 e. The van der Waals surface area contributed by atoms with Crippen LogP contribution in [0, 0.1) is 0 Å². The molecule has 0 bridgehead atoms. The molecule has 2 aromatic rings. The number of rotatable bonds is 4. The summed E-state index contributed by atoms with van der Waals surface area (Å²) in [6.07, 6.45) is 8.26. The Kier molecular flexibility index (Phi) is 4.76. The molecule has 1 fully saturated rings. The molecule has 26 heavy (non-hydrogen) atoms. The maximum Gasteiger partial charge on any atom is 0.360 e. The molecule has 7 nitrogen and oxygen atoms in total. The Hall–Kier alpha value is -2.22. The number of carbonyl (C=O) groups is 2. The van der Waals surface area contributed by atoms with Gasteiger partial charge in [-0.1, -0.05) is 11.6 Å². The van der Waals surface area contributed by atoms with Crippen LogP contribution in [0.2, 0.25) is 0 Å². The number of ether oxygens (including phenoxy) is 2. The van der Waals surface area contributed by atoms with E-state index in [1.165, 1.54) is 24.0 Å². The summed E-state index contributed by atoms with van der Waals surface area (Å²) in [4.78, 5) is 26.2. The number of hydrogen-bond donors (Lipinski definition) is 0. The molecule has 0 radical (unpaired) electrons. The maximum atomic E-state index is 12.6. The summed E-state index contributed by atoms with van der Waals surface area (Å²) >= 11 is 1.56. The third-order valence-corrected chi connectivity index (χ3v) is 6.34. The van der Waals surface area contributed by atoms with Crippen molar-refractivity contribution < 1.29 is 19.1 Å². The standard InChI is InChI=1S/C18H21N3O4S/c1-24-17(22)12-10-21(20-19-12)13-6-2-3-7-14(13)25-18(23)16-9-11-5-4-8-15(11)26-16/h9-10,13-14H,2-8H2,1H3. The monoisotopic (exact) mass is 375 g/mol. The van der Waals surface area contributed by atoms with Crippen LogP contribution >= 0.6 is 11.3 Å². The predicted molar refractivity (Wildman–Crippen MR) is 94.4 cm³/mol. The average molecular weight is 375 g/mol. The van der Waals surface area contributed by atoms with Crippen molar-refractivity contribution in [3.63, 3.8) is 0 Å². The molecule has 0 spiro atoms. The summed E-state index contributed by atoms with van der Waals surface area (Å²) in [7, 11) is 1.31. The minimum Gasteiger partial charge on any atom is -0.464 e. The zero-order valence-corrected chi connectivity index (χ0v) is 15.5. The van der Waals surface area contributed by atoms with Crippen LogP contribution in [-0.4, -0.2) is 40.1 Å². The second kappa shape index (κ2) is 7.19. The number of methoxy groups -OCH3 is 1. The number of fused-ring (bicyclic) bond motifs is 1. The average Bonchev–Trinajstić information content (AvgIpc) is 3.37. The molecule has 0 saturated heterocycles. The summed E-state index contributed by atoms with van der Waals surface area (Å²) in [5, 5.41) is 7.92. The normalized spacial score (nSPS) is 22.0. The topological polar surface area (TPSA) is 83.3 Å². The molecule has 4 rings (SSSR count). The van der Waals surface area contributed by atoms with Crippen LogP contribution in [0.4, 0.5) is 0 Å². The lowest BCUT2D eigenvalue weighted by Gasteiger charge is -2.30. The van der Waals surface area contributed by atoms with Gasteiger partial charge in [-0.05, 0) is 50.2 Å². The van der Waals surface area contributed by atoms with Crippen molar-refractivity contribution in [2.45, 2.75) is 57.1 Å². The van der Waals surface area contributed by atoms with Crippen molar-refractivity contribution >= 4 is 23.3 Å². The van der Waals surface area contributed by atoms with Crippen LogP contribution in [0.15, 0.2) is 12.3 Å². The fourth-order valence-electron chi connectivity index (χ4n) is 3.78. The van der Waals surface area contributed by atoms with Gasteiger partial charge in [-0.25, -0.2) is 14.3 Å². The number of aryl methyl sites for hydroxylation is 2. The Balaban J connectivity index is 1.49. The molecule has 0 N–H and O–H groups in total. The van der Waals surface area contributed by atoms with Gasteiger partial charge >= 0.3 is 11.9 Å². The quantitative estimate of drug-likeness (QED) is 0.764. The summed E-state index contributed by atoms with van der Waals surface area (Å²) in [6, 6.07) is 1.88. The lowest BCUT2D eigenvalue weighted by atomic mass is 9.92. The number of carbonyl (C=O) groups excluding carboxylic acids is 2. The molecule has 2 unspecified atom stereocenters. The van der Waals surface area contributed by atoms with E-state index >= 15 is 0 Å². The van der Waals surface area contributed by atoms with E-state index in [9.17, 15) is 9.59 Å². The Morgan fingerprint density at radius 2 is 2.04 bits per heavy atom. The third-order valence-electron chi connectivity index (χ3n) is 5.12. The molecule has 138 valence electrons. The molecule has 2 heterocycles. The number of nitrogens with zero attached hydrogens (tertiary/aromatic N) is 3. The minimum atomic E-state index is -0.520. The van der Waals surface area contributed by atoms with Crippen LogP contribution in [0.1, 0.15) is 68.7 Å². The van der Waals surface area contributed by atoms with Gasteiger partial charge in [-0.2, -0.15) is 0 Å². The summed E-state index contributed by atoms with van der Waals surface area (Å²) in [5.41, 5.74) is 1.46. The minimum absolute atomic E-state index is 0.106. The van der Waals surface area contributed by atoms with E-state index in [1.807, 2.05) is 6.07 Å². The number of thiophene rings is 1. The van der Waals surface area contributed by atoms with Crippen LogP contribution < -0.4 is 0 Å².